The maximum absolute atomic E-state index is 12.9. The van der Waals surface area contributed by atoms with Crippen molar-refractivity contribution >= 4 is 75.3 Å². The minimum atomic E-state index is -1.47. The van der Waals surface area contributed by atoms with Crippen LogP contribution in [0.2, 0.25) is 0 Å². The number of Topliss-reactive ketones (excluding diaryl/α,β-unsaturated/α-hetero) is 5. The zero-order valence-corrected chi connectivity index (χ0v) is 67.6. The largest absolute Gasteiger partial charge is 0.488 e. The third kappa shape index (κ3) is 38.9. The molecule has 2 heterocycles. The number of ketones is 5. The molecule has 0 saturated carbocycles. The first kappa shape index (κ1) is 92.2. The van der Waals surface area contributed by atoms with Crippen molar-refractivity contribution in [3.63, 3.8) is 0 Å². The Hall–Kier alpha value is -7.00. The summed E-state index contributed by atoms with van der Waals surface area (Å²) >= 11 is 3.46. The molecule has 0 spiro atoms. The van der Waals surface area contributed by atoms with Crippen LogP contribution < -0.4 is 21.4 Å². The highest BCUT2D eigenvalue weighted by atomic mass is 79.9. The van der Waals surface area contributed by atoms with Crippen LogP contribution in [0.25, 0.3) is 0 Å². The second-order valence-electron chi connectivity index (χ2n) is 29.6. The van der Waals surface area contributed by atoms with Gasteiger partial charge in [0.1, 0.15) is 16.8 Å². The maximum Gasteiger partial charge on any atom is 0.488 e. The Bertz CT molecular complexity index is 3330. The summed E-state index contributed by atoms with van der Waals surface area (Å²) in [6, 6.07) is 37.6. The maximum atomic E-state index is 12.9. The van der Waals surface area contributed by atoms with E-state index in [9.17, 15) is 38.4 Å². The number of alkyl halides is 1. The van der Waals surface area contributed by atoms with Gasteiger partial charge in [0, 0.05) is 149 Å². The number of benzene rings is 5. The van der Waals surface area contributed by atoms with Gasteiger partial charge in [-0.15, -0.1) is 0 Å². The second kappa shape index (κ2) is 46.9. The van der Waals surface area contributed by atoms with Gasteiger partial charge in [0.2, 0.25) is 0 Å². The van der Waals surface area contributed by atoms with Crippen molar-refractivity contribution in [2.45, 2.75) is 165 Å². The molecule has 5 N–H and O–H groups in total. The lowest BCUT2D eigenvalue weighted by atomic mass is 9.80. The number of esters is 3. The predicted octanol–water partition coefficient (Wildman–Crippen LogP) is 10.6. The monoisotopic (exact) mass is 1520 g/mol. The van der Waals surface area contributed by atoms with E-state index in [0.29, 0.717) is 79.8 Å². The summed E-state index contributed by atoms with van der Waals surface area (Å²) in [6.45, 7) is 46.0. The van der Waals surface area contributed by atoms with Gasteiger partial charge in [-0.1, -0.05) is 144 Å². The Labute approximate surface area is 635 Å². The average molecular weight is 1520 g/mol. The number of nitrogens with zero attached hydrogens (tertiary/aromatic N) is 5. The molecule has 0 aliphatic carbocycles. The van der Waals surface area contributed by atoms with Crippen LogP contribution in [0, 0.1) is 0 Å². The number of halogens is 1. The van der Waals surface area contributed by atoms with Crippen molar-refractivity contribution in [1.29, 1.82) is 0 Å². The fourth-order valence-electron chi connectivity index (χ4n) is 11.0. The van der Waals surface area contributed by atoms with Crippen LogP contribution in [-0.4, -0.2) is 230 Å². The summed E-state index contributed by atoms with van der Waals surface area (Å²) in [5.74, 6) is -0.565. The molecule has 3 unspecified atom stereocenters. The second-order valence-corrected chi connectivity index (χ2v) is 30.9. The molecule has 2 aliphatic rings. The van der Waals surface area contributed by atoms with Crippen molar-refractivity contribution in [2.24, 2.45) is 0 Å². The SMILES string of the molecule is CC(=O)c1ccc(B(O)O)cc1.CC(=O)c1ccc(C(C)Br)cc1.CC(=O)c1ccc(C(C)N2CCN(CC(=O)OC(C)(C)C)CCN(CC(=O)OC(C)(C)C)CCN(CC(=O)OC(C)(C)C)CC2)cc1.CC(=O)c1ccc(C(C)N2CCNCCNCCNCC2)cc1.CCc1ccc(C(C)=O)cc1. The van der Waals surface area contributed by atoms with Gasteiger partial charge in [0.05, 0.1) is 19.6 Å². The predicted molar refractivity (Wildman–Crippen MR) is 424 cm³/mol. The highest BCUT2D eigenvalue weighted by Crippen LogP contribution is 2.25. The number of ether oxygens (including phenoxy) is 3. The smallest absolute Gasteiger partial charge is 0.459 e. The number of carbonyl (C=O) groups is 8. The lowest BCUT2D eigenvalue weighted by molar-refractivity contribution is -0.158. The Morgan fingerprint density at radius 3 is 0.895 bits per heavy atom. The van der Waals surface area contributed by atoms with Crippen molar-refractivity contribution in [1.82, 2.24) is 40.4 Å². The van der Waals surface area contributed by atoms with E-state index < -0.39 is 23.9 Å². The van der Waals surface area contributed by atoms with E-state index in [0.717, 1.165) is 81.0 Å². The topological polar surface area (TPSA) is 257 Å². The van der Waals surface area contributed by atoms with Gasteiger partial charge in [-0.05, 0) is 152 Å². The molecular formula is C82H122BBrN8O13. The van der Waals surface area contributed by atoms with Crippen molar-refractivity contribution in [3.8, 4) is 0 Å². The van der Waals surface area contributed by atoms with Crippen LogP contribution in [0.4, 0.5) is 0 Å². The molecule has 2 aliphatic heterocycles. The van der Waals surface area contributed by atoms with Crippen LogP contribution in [0.1, 0.15) is 216 Å². The van der Waals surface area contributed by atoms with Gasteiger partial charge in [-0.2, -0.15) is 0 Å². The number of nitrogens with one attached hydrogen (secondary N) is 3. The van der Waals surface area contributed by atoms with Crippen molar-refractivity contribution < 1.29 is 62.6 Å². The minimum absolute atomic E-state index is 0.00867. The van der Waals surface area contributed by atoms with Crippen LogP contribution >= 0.6 is 15.9 Å². The van der Waals surface area contributed by atoms with E-state index in [1.807, 2.05) is 152 Å². The molecule has 7 rings (SSSR count). The fraction of sp³-hybridized carbons (Fsp3) is 0.537. The van der Waals surface area contributed by atoms with E-state index in [2.05, 4.69) is 91.3 Å². The first-order chi connectivity index (χ1) is 49.2. The van der Waals surface area contributed by atoms with Gasteiger partial charge < -0.3 is 40.2 Å². The first-order valence-corrected chi connectivity index (χ1v) is 37.6. The van der Waals surface area contributed by atoms with E-state index in [1.54, 1.807) is 39.8 Å². The Morgan fingerprint density at radius 1 is 0.390 bits per heavy atom. The van der Waals surface area contributed by atoms with Crippen LogP contribution in [0.5, 0.6) is 0 Å². The molecule has 578 valence electrons. The lowest BCUT2D eigenvalue weighted by Gasteiger charge is -2.36. The van der Waals surface area contributed by atoms with Crippen LogP contribution in [0.15, 0.2) is 121 Å². The van der Waals surface area contributed by atoms with E-state index >= 15 is 0 Å². The molecule has 5 aromatic carbocycles. The Kier molecular flexibility index (Phi) is 41.2. The molecule has 2 fully saturated rings. The van der Waals surface area contributed by atoms with Gasteiger partial charge in [-0.25, -0.2) is 0 Å². The minimum Gasteiger partial charge on any atom is -0.459 e. The van der Waals surface area contributed by atoms with Gasteiger partial charge in [0.15, 0.2) is 28.9 Å². The molecule has 0 radical (unpaired) electrons. The number of carbonyl (C=O) groups excluding carboxylic acids is 8. The number of aryl methyl sites for hydroxylation is 1. The molecule has 2 saturated heterocycles. The van der Waals surface area contributed by atoms with Gasteiger partial charge in [-0.3, -0.25) is 62.9 Å². The zero-order valence-electron chi connectivity index (χ0n) is 66.0. The molecule has 105 heavy (non-hydrogen) atoms. The highest BCUT2D eigenvalue weighted by Gasteiger charge is 2.28. The molecule has 0 amide bonds. The van der Waals surface area contributed by atoms with E-state index in [-0.39, 0.29) is 72.5 Å². The molecule has 3 atom stereocenters. The Balaban J connectivity index is 0.000000400. The zero-order chi connectivity index (χ0) is 78.6. The number of rotatable bonds is 18. The third-order valence-electron chi connectivity index (χ3n) is 17.2. The summed E-state index contributed by atoms with van der Waals surface area (Å²) in [5, 5.41) is 27.8. The van der Waals surface area contributed by atoms with Gasteiger partial charge >= 0.3 is 25.0 Å². The molecule has 21 nitrogen and oxygen atoms in total. The standard InChI is InChI=1S/C36H60N4O7.C18H30N4O.C10H11BrO.C10H12O.C8H9BO3/c1-27(29-12-14-30(15-13-29)28(2)41)40-22-20-38(25-32(43)46-35(6,7)8)18-16-37(24-31(42)45-34(3,4)5)17-19-39(21-23-40)26-33(44)47-36(9,10)11;1-15(17-3-5-18(6-4-17)16(2)23)22-13-11-20-9-7-19-8-10-21-12-14-22;1-7(11)9-3-5-10(6-4-9)8(2)12;1-3-9-4-6-10(7-5-9)8(2)11;1-6(10)7-2-4-8(5-3-7)9(11)12/h12-15,27H,16-26H2,1-11H3;3-6,15,19-21H,7-14H2,1-2H3;3-7H,1-2H3;4-7H,3H2,1-2H3;2-5,11-12H,1H3. The molecule has 23 heteroatoms. The summed E-state index contributed by atoms with van der Waals surface area (Å²) < 4.78 is 16.9. The quantitative estimate of drug-likeness (QED) is 0.0180. The van der Waals surface area contributed by atoms with Crippen LogP contribution in [0.3, 0.4) is 0 Å². The Morgan fingerprint density at radius 2 is 0.638 bits per heavy atom. The number of hydrogen-bond donors (Lipinski definition) is 5. The molecule has 0 bridgehead atoms. The third-order valence-corrected chi connectivity index (χ3v) is 17.7. The molecule has 5 aromatic rings. The average Bonchev–Trinajstić information content (AvgIpc) is 0.861. The van der Waals surface area contributed by atoms with E-state index in [1.165, 1.54) is 35.7 Å². The van der Waals surface area contributed by atoms with Gasteiger partial charge in [0.25, 0.3) is 0 Å². The summed E-state index contributed by atoms with van der Waals surface area (Å²) in [6.07, 6.45) is 1.03. The lowest BCUT2D eigenvalue weighted by Crippen LogP contribution is -2.49. The van der Waals surface area contributed by atoms with Crippen molar-refractivity contribution in [3.05, 3.63) is 171 Å². The molecular weight excluding hydrogens is 1400 g/mol. The summed E-state index contributed by atoms with van der Waals surface area (Å²) in [4.78, 5) is 106. The van der Waals surface area contributed by atoms with Crippen molar-refractivity contribution in [2.75, 3.05) is 124 Å². The normalized spacial score (nSPS) is 16.0. The first-order valence-electron chi connectivity index (χ1n) is 36.7. The van der Waals surface area contributed by atoms with E-state index in [4.69, 9.17) is 24.3 Å². The number of hydrogen-bond acceptors (Lipinski definition) is 21. The fourth-order valence-corrected chi connectivity index (χ4v) is 11.3. The summed E-state index contributed by atoms with van der Waals surface area (Å²) in [7, 11) is -1.47. The van der Waals surface area contributed by atoms with Crippen LogP contribution in [-0.2, 0) is 35.0 Å². The molecule has 0 aromatic heterocycles. The highest BCUT2D eigenvalue weighted by molar-refractivity contribution is 9.09. The summed E-state index contributed by atoms with van der Waals surface area (Å²) in [5.41, 5.74) is 6.97.